The van der Waals surface area contributed by atoms with E-state index in [1.807, 2.05) is 10.3 Å². The zero-order chi connectivity index (χ0) is 18.5. The molecular formula is C20H26N4O2S. The number of hydrogen-bond donors (Lipinski definition) is 1. The lowest BCUT2D eigenvalue weighted by atomic mass is 10.1. The summed E-state index contributed by atoms with van der Waals surface area (Å²) in [7, 11) is 0. The van der Waals surface area contributed by atoms with Crippen LogP contribution in [-0.4, -0.2) is 73.2 Å². The fraction of sp³-hybridized carbons (Fsp3) is 0.500. The lowest BCUT2D eigenvalue weighted by Gasteiger charge is -2.27. The molecule has 2 saturated heterocycles. The molecule has 0 atom stereocenters. The number of amides is 1. The number of ether oxygens (including phenoxy) is 1. The summed E-state index contributed by atoms with van der Waals surface area (Å²) in [6.07, 6.45) is 0.394. The Kier molecular flexibility index (Phi) is 6.14. The summed E-state index contributed by atoms with van der Waals surface area (Å²) in [6.45, 7) is 7.96. The van der Waals surface area contributed by atoms with Gasteiger partial charge in [-0.05, 0) is 5.56 Å². The van der Waals surface area contributed by atoms with Gasteiger partial charge in [0.1, 0.15) is 5.01 Å². The van der Waals surface area contributed by atoms with Gasteiger partial charge in [0.2, 0.25) is 5.91 Å². The molecule has 0 unspecified atom stereocenters. The molecule has 1 aromatic carbocycles. The van der Waals surface area contributed by atoms with E-state index < -0.39 is 0 Å². The molecule has 144 valence electrons. The van der Waals surface area contributed by atoms with Gasteiger partial charge >= 0.3 is 0 Å². The number of thiazole rings is 1. The van der Waals surface area contributed by atoms with Crippen LogP contribution in [0.4, 0.5) is 0 Å². The number of piperazine rings is 1. The van der Waals surface area contributed by atoms with E-state index in [4.69, 9.17) is 4.74 Å². The third kappa shape index (κ3) is 4.93. The van der Waals surface area contributed by atoms with Crippen LogP contribution < -0.4 is 5.32 Å². The molecule has 2 aliphatic rings. The molecule has 2 fully saturated rings. The van der Waals surface area contributed by atoms with Gasteiger partial charge in [-0.3, -0.25) is 9.69 Å². The van der Waals surface area contributed by atoms with Crippen LogP contribution in [0.15, 0.2) is 29.6 Å². The minimum absolute atomic E-state index is 0.175. The Bertz CT molecular complexity index is 750. The summed E-state index contributed by atoms with van der Waals surface area (Å²) in [5.41, 5.74) is 3.30. The van der Waals surface area contributed by atoms with Crippen molar-refractivity contribution in [3.8, 4) is 10.6 Å². The molecule has 1 N–H and O–H groups in total. The molecular weight excluding hydrogens is 360 g/mol. The Morgan fingerprint density at radius 3 is 2.59 bits per heavy atom. The summed E-state index contributed by atoms with van der Waals surface area (Å²) in [6, 6.07) is 8.63. The molecule has 6 nitrogen and oxygen atoms in total. The lowest BCUT2D eigenvalue weighted by Crippen LogP contribution is -2.46. The van der Waals surface area contributed by atoms with Crippen molar-refractivity contribution < 1.29 is 9.53 Å². The van der Waals surface area contributed by atoms with Crippen LogP contribution in [0, 0.1) is 0 Å². The van der Waals surface area contributed by atoms with Crippen molar-refractivity contribution in [2.45, 2.75) is 13.0 Å². The molecule has 7 heteroatoms. The summed E-state index contributed by atoms with van der Waals surface area (Å²) >= 11 is 1.61. The van der Waals surface area contributed by atoms with Crippen LogP contribution in [0.2, 0.25) is 0 Å². The first kappa shape index (κ1) is 18.6. The normalized spacial score (nSPS) is 18.6. The van der Waals surface area contributed by atoms with E-state index in [-0.39, 0.29) is 5.91 Å². The number of nitrogens with zero attached hydrogens (tertiary/aromatic N) is 3. The highest BCUT2D eigenvalue weighted by atomic mass is 32.1. The number of carbonyl (C=O) groups is 1. The van der Waals surface area contributed by atoms with E-state index in [9.17, 15) is 4.79 Å². The average molecular weight is 387 g/mol. The highest BCUT2D eigenvalue weighted by molar-refractivity contribution is 7.13. The van der Waals surface area contributed by atoms with Gasteiger partial charge in [-0.1, -0.05) is 24.3 Å². The van der Waals surface area contributed by atoms with Crippen LogP contribution in [-0.2, 0) is 22.5 Å². The molecule has 2 aliphatic heterocycles. The van der Waals surface area contributed by atoms with Crippen LogP contribution in [0.3, 0.4) is 0 Å². The van der Waals surface area contributed by atoms with E-state index in [0.717, 1.165) is 75.3 Å². The van der Waals surface area contributed by atoms with E-state index in [2.05, 4.69) is 39.5 Å². The average Bonchev–Trinajstić information content (AvgIpc) is 3.18. The van der Waals surface area contributed by atoms with Crippen LogP contribution >= 0.6 is 11.3 Å². The second kappa shape index (κ2) is 8.93. The maximum Gasteiger partial charge on any atom is 0.228 e. The Morgan fingerprint density at radius 2 is 1.85 bits per heavy atom. The lowest BCUT2D eigenvalue weighted by molar-refractivity contribution is -0.131. The Labute approximate surface area is 164 Å². The first-order chi connectivity index (χ1) is 13.3. The first-order valence-corrected chi connectivity index (χ1v) is 10.5. The van der Waals surface area contributed by atoms with E-state index in [0.29, 0.717) is 6.42 Å². The first-order valence-electron chi connectivity index (χ1n) is 9.60. The summed E-state index contributed by atoms with van der Waals surface area (Å²) in [4.78, 5) is 21.4. The second-order valence-corrected chi connectivity index (χ2v) is 7.90. The van der Waals surface area contributed by atoms with Crippen molar-refractivity contribution >= 4 is 17.2 Å². The third-order valence-electron chi connectivity index (χ3n) is 5.06. The largest absolute Gasteiger partial charge is 0.379 e. The molecule has 2 aromatic rings. The van der Waals surface area contributed by atoms with Crippen LogP contribution in [0.5, 0.6) is 0 Å². The monoisotopic (exact) mass is 386 g/mol. The van der Waals surface area contributed by atoms with Gasteiger partial charge in [0.15, 0.2) is 0 Å². The standard InChI is InChI=1S/C20H26N4O2S/c25-19(24-7-5-21-6-8-24)13-18-15-27-20(22-18)17-3-1-16(2-4-17)14-23-9-11-26-12-10-23/h1-4,15,21H,5-14H2. The quantitative estimate of drug-likeness (QED) is 0.846. The fourth-order valence-electron chi connectivity index (χ4n) is 3.47. The number of rotatable bonds is 5. The molecule has 0 spiro atoms. The van der Waals surface area contributed by atoms with Gasteiger partial charge in [0.25, 0.3) is 0 Å². The maximum atomic E-state index is 12.4. The zero-order valence-electron chi connectivity index (χ0n) is 15.5. The number of carbonyl (C=O) groups excluding carboxylic acids is 1. The molecule has 3 heterocycles. The van der Waals surface area contributed by atoms with Crippen molar-refractivity contribution in [3.05, 3.63) is 40.9 Å². The molecule has 1 amide bonds. The minimum atomic E-state index is 0.175. The highest BCUT2D eigenvalue weighted by Gasteiger charge is 2.18. The number of nitrogens with one attached hydrogen (secondary N) is 1. The van der Waals surface area contributed by atoms with E-state index in [1.54, 1.807) is 11.3 Å². The van der Waals surface area contributed by atoms with Gasteiger partial charge in [0.05, 0.1) is 25.3 Å². The molecule has 0 radical (unpaired) electrons. The smallest absolute Gasteiger partial charge is 0.228 e. The van der Waals surface area contributed by atoms with Gasteiger partial charge in [0, 0.05) is 56.8 Å². The fourth-order valence-corrected chi connectivity index (χ4v) is 4.30. The van der Waals surface area contributed by atoms with Crippen molar-refractivity contribution in [2.24, 2.45) is 0 Å². The number of morpholine rings is 1. The summed E-state index contributed by atoms with van der Waals surface area (Å²) in [5.74, 6) is 0.175. The topological polar surface area (TPSA) is 57.7 Å². The van der Waals surface area contributed by atoms with Gasteiger partial charge < -0.3 is 15.0 Å². The molecule has 0 bridgehead atoms. The Balaban J connectivity index is 1.35. The summed E-state index contributed by atoms with van der Waals surface area (Å²) < 4.78 is 5.40. The molecule has 1 aromatic heterocycles. The van der Waals surface area contributed by atoms with E-state index in [1.165, 1.54) is 5.56 Å². The van der Waals surface area contributed by atoms with E-state index >= 15 is 0 Å². The van der Waals surface area contributed by atoms with Gasteiger partial charge in [-0.25, -0.2) is 4.98 Å². The number of aromatic nitrogens is 1. The van der Waals surface area contributed by atoms with Crippen molar-refractivity contribution in [1.29, 1.82) is 0 Å². The third-order valence-corrected chi connectivity index (χ3v) is 6.00. The molecule has 0 saturated carbocycles. The minimum Gasteiger partial charge on any atom is -0.379 e. The number of benzene rings is 1. The van der Waals surface area contributed by atoms with Gasteiger partial charge in [-0.2, -0.15) is 0 Å². The summed E-state index contributed by atoms with van der Waals surface area (Å²) in [5, 5.41) is 6.27. The molecule has 4 rings (SSSR count). The van der Waals surface area contributed by atoms with Crippen molar-refractivity contribution in [3.63, 3.8) is 0 Å². The Morgan fingerprint density at radius 1 is 1.11 bits per heavy atom. The molecule has 27 heavy (non-hydrogen) atoms. The predicted molar refractivity (Wildman–Crippen MR) is 107 cm³/mol. The Hall–Kier alpha value is -1.80. The van der Waals surface area contributed by atoms with Crippen molar-refractivity contribution in [1.82, 2.24) is 20.1 Å². The van der Waals surface area contributed by atoms with Gasteiger partial charge in [-0.15, -0.1) is 11.3 Å². The second-order valence-electron chi connectivity index (χ2n) is 7.04. The zero-order valence-corrected chi connectivity index (χ0v) is 16.3. The van der Waals surface area contributed by atoms with Crippen molar-refractivity contribution in [2.75, 3.05) is 52.5 Å². The predicted octanol–water partition coefficient (Wildman–Crippen LogP) is 1.62. The number of hydrogen-bond acceptors (Lipinski definition) is 6. The highest BCUT2D eigenvalue weighted by Crippen LogP contribution is 2.25. The molecule has 0 aliphatic carbocycles. The van der Waals surface area contributed by atoms with Crippen LogP contribution in [0.1, 0.15) is 11.3 Å². The SMILES string of the molecule is O=C(Cc1csc(-c2ccc(CN3CCOCC3)cc2)n1)N1CCNCC1. The van der Waals surface area contributed by atoms with Crippen LogP contribution in [0.25, 0.3) is 10.6 Å². The maximum absolute atomic E-state index is 12.4.